The fourth-order valence-corrected chi connectivity index (χ4v) is 3.27. The van der Waals surface area contributed by atoms with Crippen LogP contribution in [-0.2, 0) is 13.0 Å². The van der Waals surface area contributed by atoms with E-state index in [0.29, 0.717) is 5.82 Å². The van der Waals surface area contributed by atoms with Gasteiger partial charge in [-0.2, -0.15) is 0 Å². The van der Waals surface area contributed by atoms with E-state index < -0.39 is 0 Å². The minimum atomic E-state index is 0.687. The molecule has 108 valence electrons. The summed E-state index contributed by atoms with van der Waals surface area (Å²) < 4.78 is 0. The van der Waals surface area contributed by atoms with Crippen LogP contribution in [0, 0.1) is 6.92 Å². The molecule has 0 saturated carbocycles. The minimum absolute atomic E-state index is 0.687. The van der Waals surface area contributed by atoms with Crippen molar-refractivity contribution >= 4 is 22.7 Å². The second kappa shape index (κ2) is 6.84. The smallest absolute Gasteiger partial charge is 0.188 e. The first-order valence-corrected chi connectivity index (χ1v) is 8.41. The maximum atomic E-state index is 4.55. The van der Waals surface area contributed by atoms with Gasteiger partial charge in [-0.25, -0.2) is 19.9 Å². The maximum Gasteiger partial charge on any atom is 0.188 e. The van der Waals surface area contributed by atoms with E-state index in [1.54, 1.807) is 41.1 Å². The fraction of sp³-hybridized carbons (Fsp3) is 0.286. The Morgan fingerprint density at radius 2 is 1.86 bits per heavy atom. The molecule has 7 heteroatoms. The molecule has 3 rings (SSSR count). The average molecular weight is 317 g/mol. The SMILES string of the molecule is Cc1nc(CCNCc2csc(-c3ncccn3)n2)cs1. The van der Waals surface area contributed by atoms with Gasteiger partial charge in [-0.3, -0.25) is 0 Å². The zero-order valence-corrected chi connectivity index (χ0v) is 13.2. The lowest BCUT2D eigenvalue weighted by atomic mass is 10.3. The summed E-state index contributed by atoms with van der Waals surface area (Å²) in [6, 6.07) is 1.81. The number of nitrogens with zero attached hydrogens (tertiary/aromatic N) is 4. The van der Waals surface area contributed by atoms with Crippen LogP contribution >= 0.6 is 22.7 Å². The van der Waals surface area contributed by atoms with Gasteiger partial charge < -0.3 is 5.32 Å². The summed E-state index contributed by atoms with van der Waals surface area (Å²) in [5, 5.41) is 9.54. The second-order valence-electron chi connectivity index (χ2n) is 4.50. The molecule has 0 bridgehead atoms. The van der Waals surface area contributed by atoms with Gasteiger partial charge in [0, 0.05) is 42.7 Å². The minimum Gasteiger partial charge on any atom is -0.311 e. The Kier molecular flexibility index (Phi) is 4.64. The van der Waals surface area contributed by atoms with E-state index >= 15 is 0 Å². The molecule has 0 aliphatic heterocycles. The van der Waals surface area contributed by atoms with Crippen molar-refractivity contribution in [3.8, 4) is 10.8 Å². The quantitative estimate of drug-likeness (QED) is 0.708. The van der Waals surface area contributed by atoms with Crippen molar-refractivity contribution in [2.24, 2.45) is 0 Å². The van der Waals surface area contributed by atoms with E-state index in [9.17, 15) is 0 Å². The van der Waals surface area contributed by atoms with Gasteiger partial charge in [0.15, 0.2) is 10.8 Å². The van der Waals surface area contributed by atoms with E-state index in [0.717, 1.165) is 40.9 Å². The Morgan fingerprint density at radius 1 is 1.05 bits per heavy atom. The molecular weight excluding hydrogens is 302 g/mol. The van der Waals surface area contributed by atoms with E-state index in [4.69, 9.17) is 0 Å². The van der Waals surface area contributed by atoms with Gasteiger partial charge in [-0.15, -0.1) is 22.7 Å². The predicted molar refractivity (Wildman–Crippen MR) is 85.4 cm³/mol. The predicted octanol–water partition coefficient (Wildman–Crippen LogP) is 2.70. The molecular formula is C14H15N5S2. The lowest BCUT2D eigenvalue weighted by Crippen LogP contribution is -2.17. The fourth-order valence-electron chi connectivity index (χ4n) is 1.86. The lowest BCUT2D eigenvalue weighted by Gasteiger charge is -2.00. The third-order valence-corrected chi connectivity index (χ3v) is 4.55. The number of hydrogen-bond acceptors (Lipinski definition) is 7. The van der Waals surface area contributed by atoms with Crippen LogP contribution in [0.5, 0.6) is 0 Å². The molecule has 3 aromatic rings. The zero-order valence-electron chi connectivity index (χ0n) is 11.6. The first-order valence-electron chi connectivity index (χ1n) is 6.65. The average Bonchev–Trinajstić information content (AvgIpc) is 3.14. The Hall–Kier alpha value is -1.70. The molecule has 0 spiro atoms. The van der Waals surface area contributed by atoms with Gasteiger partial charge in [0.25, 0.3) is 0 Å². The topological polar surface area (TPSA) is 63.6 Å². The van der Waals surface area contributed by atoms with Gasteiger partial charge in [-0.05, 0) is 13.0 Å². The summed E-state index contributed by atoms with van der Waals surface area (Å²) >= 11 is 3.27. The summed E-state index contributed by atoms with van der Waals surface area (Å²) in [4.78, 5) is 17.4. The van der Waals surface area contributed by atoms with E-state index in [2.05, 4.69) is 30.6 Å². The largest absolute Gasteiger partial charge is 0.311 e. The highest BCUT2D eigenvalue weighted by atomic mass is 32.1. The summed E-state index contributed by atoms with van der Waals surface area (Å²) in [5.74, 6) is 0.687. The van der Waals surface area contributed by atoms with Crippen molar-refractivity contribution in [3.05, 3.63) is 45.6 Å². The number of aromatic nitrogens is 4. The molecule has 0 aromatic carbocycles. The molecule has 3 heterocycles. The molecule has 0 amide bonds. The third kappa shape index (κ3) is 3.90. The highest BCUT2D eigenvalue weighted by Crippen LogP contribution is 2.19. The van der Waals surface area contributed by atoms with Crippen LogP contribution in [-0.4, -0.2) is 26.5 Å². The van der Waals surface area contributed by atoms with Gasteiger partial charge in [0.05, 0.1) is 16.4 Å². The molecule has 3 aromatic heterocycles. The van der Waals surface area contributed by atoms with Crippen LogP contribution in [0.15, 0.2) is 29.2 Å². The van der Waals surface area contributed by atoms with Crippen molar-refractivity contribution in [3.63, 3.8) is 0 Å². The van der Waals surface area contributed by atoms with Crippen LogP contribution in [0.4, 0.5) is 0 Å². The number of rotatable bonds is 6. The maximum absolute atomic E-state index is 4.55. The van der Waals surface area contributed by atoms with Crippen LogP contribution in [0.25, 0.3) is 10.8 Å². The van der Waals surface area contributed by atoms with E-state index in [1.165, 1.54) is 0 Å². The summed E-state index contributed by atoms with van der Waals surface area (Å²) in [6.45, 7) is 3.69. The summed E-state index contributed by atoms with van der Waals surface area (Å²) in [6.07, 6.45) is 4.41. The molecule has 0 atom stereocenters. The monoisotopic (exact) mass is 317 g/mol. The van der Waals surface area contributed by atoms with E-state index in [1.807, 2.05) is 12.3 Å². The zero-order chi connectivity index (χ0) is 14.5. The Bertz CT molecular complexity index is 692. The van der Waals surface area contributed by atoms with Crippen molar-refractivity contribution < 1.29 is 0 Å². The van der Waals surface area contributed by atoms with Crippen LogP contribution in [0.1, 0.15) is 16.4 Å². The standard InChI is InChI=1S/C14H15N5S2/c1-10-18-11(8-20-10)3-6-15-7-12-9-21-14(19-12)13-16-4-2-5-17-13/h2,4-5,8-9,15H,3,6-7H2,1H3. The molecule has 0 aliphatic carbocycles. The number of thiazole rings is 2. The molecule has 0 saturated heterocycles. The molecule has 5 nitrogen and oxygen atoms in total. The van der Waals surface area contributed by atoms with Crippen molar-refractivity contribution in [2.75, 3.05) is 6.54 Å². The van der Waals surface area contributed by atoms with Crippen LogP contribution < -0.4 is 5.32 Å². The summed E-state index contributed by atoms with van der Waals surface area (Å²) in [5.41, 5.74) is 2.18. The number of nitrogens with one attached hydrogen (secondary N) is 1. The normalized spacial score (nSPS) is 10.9. The molecule has 0 unspecified atom stereocenters. The number of hydrogen-bond donors (Lipinski definition) is 1. The van der Waals surface area contributed by atoms with Gasteiger partial charge in [-0.1, -0.05) is 0 Å². The Morgan fingerprint density at radius 3 is 2.62 bits per heavy atom. The molecule has 0 aliphatic rings. The van der Waals surface area contributed by atoms with Gasteiger partial charge in [0.2, 0.25) is 0 Å². The molecule has 1 N–H and O–H groups in total. The lowest BCUT2D eigenvalue weighted by molar-refractivity contribution is 0.672. The van der Waals surface area contributed by atoms with Crippen LogP contribution in [0.2, 0.25) is 0 Å². The first kappa shape index (κ1) is 14.2. The number of aryl methyl sites for hydroxylation is 1. The molecule has 0 radical (unpaired) electrons. The van der Waals surface area contributed by atoms with Crippen molar-refractivity contribution in [1.29, 1.82) is 0 Å². The summed E-state index contributed by atoms with van der Waals surface area (Å²) in [7, 11) is 0. The van der Waals surface area contributed by atoms with Crippen molar-refractivity contribution in [2.45, 2.75) is 19.9 Å². The highest BCUT2D eigenvalue weighted by molar-refractivity contribution is 7.13. The Labute approximate surface area is 131 Å². The second-order valence-corrected chi connectivity index (χ2v) is 6.42. The Balaban J connectivity index is 1.49. The third-order valence-electron chi connectivity index (χ3n) is 2.84. The first-order chi connectivity index (χ1) is 10.3. The van der Waals surface area contributed by atoms with Crippen LogP contribution in [0.3, 0.4) is 0 Å². The highest BCUT2D eigenvalue weighted by Gasteiger charge is 2.06. The molecule has 0 fully saturated rings. The van der Waals surface area contributed by atoms with Gasteiger partial charge >= 0.3 is 0 Å². The van der Waals surface area contributed by atoms with Crippen molar-refractivity contribution in [1.82, 2.24) is 25.3 Å². The molecule has 21 heavy (non-hydrogen) atoms. The van der Waals surface area contributed by atoms with Gasteiger partial charge in [0.1, 0.15) is 0 Å². The van der Waals surface area contributed by atoms with E-state index in [-0.39, 0.29) is 0 Å².